The van der Waals surface area contributed by atoms with E-state index in [4.69, 9.17) is 17.0 Å². The first-order valence-corrected chi connectivity index (χ1v) is 13.7. The number of amides is 1. The molecule has 5 rings (SSSR count). The van der Waals surface area contributed by atoms with Crippen LogP contribution in [0, 0.1) is 0 Å². The number of nitrogens with zero attached hydrogens (tertiary/aromatic N) is 2. The highest BCUT2D eigenvalue weighted by Crippen LogP contribution is 2.36. The van der Waals surface area contributed by atoms with E-state index in [0.717, 1.165) is 39.7 Å². The number of methoxy groups -OCH3 is 1. The van der Waals surface area contributed by atoms with E-state index < -0.39 is 0 Å². The quantitative estimate of drug-likeness (QED) is 0.169. The minimum Gasteiger partial charge on any atom is -0.497 e. The summed E-state index contributed by atoms with van der Waals surface area (Å²) < 4.78 is 9.17. The predicted octanol–water partition coefficient (Wildman–Crippen LogP) is 7.42. The van der Waals surface area contributed by atoms with Crippen molar-refractivity contribution in [3.63, 3.8) is 0 Å². The Morgan fingerprint density at radius 3 is 2.39 bits per heavy atom. The van der Waals surface area contributed by atoms with E-state index in [9.17, 15) is 4.79 Å². The molecule has 1 saturated heterocycles. The third kappa shape index (κ3) is 5.01. The molecule has 0 aliphatic carbocycles. The number of thiocarbonyl (C=S) groups is 1. The number of carbonyl (C=O) groups is 1. The highest BCUT2D eigenvalue weighted by molar-refractivity contribution is 9.10. The van der Waals surface area contributed by atoms with Crippen molar-refractivity contribution in [1.29, 1.82) is 0 Å². The number of benzene rings is 3. The molecule has 4 aromatic rings. The third-order valence-corrected chi connectivity index (χ3v) is 8.23. The molecule has 3 aromatic carbocycles. The van der Waals surface area contributed by atoms with Crippen LogP contribution in [0.3, 0.4) is 0 Å². The van der Waals surface area contributed by atoms with Crippen LogP contribution in [0.1, 0.15) is 29.2 Å². The first-order chi connectivity index (χ1) is 17.5. The van der Waals surface area contributed by atoms with Gasteiger partial charge in [0, 0.05) is 28.2 Å². The summed E-state index contributed by atoms with van der Waals surface area (Å²) >= 11 is 10.5. The lowest BCUT2D eigenvalue weighted by molar-refractivity contribution is -0.122. The van der Waals surface area contributed by atoms with Gasteiger partial charge in [-0.15, -0.1) is 0 Å². The van der Waals surface area contributed by atoms with E-state index in [1.165, 1.54) is 28.4 Å². The van der Waals surface area contributed by atoms with Crippen LogP contribution in [0.5, 0.6) is 5.75 Å². The van der Waals surface area contributed by atoms with Gasteiger partial charge in [-0.2, -0.15) is 0 Å². The van der Waals surface area contributed by atoms with E-state index in [0.29, 0.717) is 15.8 Å². The van der Waals surface area contributed by atoms with E-state index in [1.54, 1.807) is 12.0 Å². The zero-order valence-electron chi connectivity index (χ0n) is 20.0. The molecule has 1 aliphatic heterocycles. The van der Waals surface area contributed by atoms with Crippen LogP contribution in [0.2, 0.25) is 0 Å². The molecule has 2 heterocycles. The normalized spacial score (nSPS) is 14.9. The average Bonchev–Trinajstić information content (AvgIpc) is 3.37. The van der Waals surface area contributed by atoms with Crippen molar-refractivity contribution in [1.82, 2.24) is 9.47 Å². The second-order valence-corrected chi connectivity index (χ2v) is 11.2. The summed E-state index contributed by atoms with van der Waals surface area (Å²) in [6, 6.07) is 22.5. The Bertz CT molecular complexity index is 1470. The van der Waals surface area contributed by atoms with Crippen molar-refractivity contribution >= 4 is 67.1 Å². The highest BCUT2D eigenvalue weighted by atomic mass is 79.9. The summed E-state index contributed by atoms with van der Waals surface area (Å²) in [6.45, 7) is 3.38. The summed E-state index contributed by atoms with van der Waals surface area (Å²) in [4.78, 5) is 15.7. The van der Waals surface area contributed by atoms with Gasteiger partial charge >= 0.3 is 0 Å². The molecule has 0 atom stereocenters. The van der Waals surface area contributed by atoms with Crippen LogP contribution in [0.15, 0.2) is 82.3 Å². The Labute approximate surface area is 229 Å². The lowest BCUT2D eigenvalue weighted by Gasteiger charge is -2.14. The van der Waals surface area contributed by atoms with Crippen molar-refractivity contribution < 1.29 is 9.53 Å². The number of aromatic nitrogens is 1. The van der Waals surface area contributed by atoms with Crippen LogP contribution in [0.25, 0.3) is 17.0 Å². The minimum atomic E-state index is -0.0544. The predicted molar refractivity (Wildman–Crippen MR) is 156 cm³/mol. The molecular formula is C29H25BrN2O2S2. The lowest BCUT2D eigenvalue weighted by atomic mass is 10.1. The van der Waals surface area contributed by atoms with E-state index in [2.05, 4.69) is 76.1 Å². The highest BCUT2D eigenvalue weighted by Gasteiger charge is 2.32. The molecule has 182 valence electrons. The van der Waals surface area contributed by atoms with Crippen molar-refractivity contribution in [3.05, 3.63) is 105 Å². The summed E-state index contributed by atoms with van der Waals surface area (Å²) in [5, 5.41) is 1.15. The number of rotatable bonds is 7. The maximum atomic E-state index is 13.4. The molecule has 1 amide bonds. The Kier molecular flexibility index (Phi) is 7.32. The fourth-order valence-electron chi connectivity index (χ4n) is 4.47. The first kappa shape index (κ1) is 24.8. The molecule has 0 unspecified atom stereocenters. The molecule has 36 heavy (non-hydrogen) atoms. The maximum absolute atomic E-state index is 13.4. The number of fused-ring (bicyclic) bond motifs is 1. The number of carbonyl (C=O) groups excluding carboxylic acids is 1. The Morgan fingerprint density at radius 2 is 1.69 bits per heavy atom. The molecular weight excluding hydrogens is 552 g/mol. The maximum Gasteiger partial charge on any atom is 0.266 e. The molecule has 1 aromatic heterocycles. The van der Waals surface area contributed by atoms with Gasteiger partial charge < -0.3 is 9.30 Å². The molecule has 0 bridgehead atoms. The Morgan fingerprint density at radius 1 is 1.00 bits per heavy atom. The van der Waals surface area contributed by atoms with Gasteiger partial charge in [0.15, 0.2) is 0 Å². The second-order valence-electron chi connectivity index (χ2n) is 8.62. The molecule has 0 N–H and O–H groups in total. The number of thioether (sulfide) groups is 1. The molecule has 7 heteroatoms. The van der Waals surface area contributed by atoms with Crippen LogP contribution < -0.4 is 4.74 Å². The number of hydrogen-bond acceptors (Lipinski definition) is 4. The van der Waals surface area contributed by atoms with Crippen molar-refractivity contribution in [3.8, 4) is 5.75 Å². The number of halogens is 1. The van der Waals surface area contributed by atoms with Crippen molar-refractivity contribution in [2.45, 2.75) is 26.4 Å². The van der Waals surface area contributed by atoms with Gasteiger partial charge in [-0.25, -0.2) is 0 Å². The molecule has 4 nitrogen and oxygen atoms in total. The average molecular weight is 578 g/mol. The van der Waals surface area contributed by atoms with Gasteiger partial charge in [0.2, 0.25) is 0 Å². The van der Waals surface area contributed by atoms with Gasteiger partial charge in [-0.3, -0.25) is 9.69 Å². The number of aryl methyl sites for hydroxylation is 1. The van der Waals surface area contributed by atoms with Crippen LogP contribution in [0.4, 0.5) is 0 Å². The van der Waals surface area contributed by atoms with Gasteiger partial charge in [0.05, 0.1) is 24.1 Å². The molecule has 0 saturated carbocycles. The summed E-state index contributed by atoms with van der Waals surface area (Å²) in [5.41, 5.74) is 5.76. The molecule has 1 aliphatic rings. The van der Waals surface area contributed by atoms with Crippen LogP contribution in [-0.4, -0.2) is 26.8 Å². The molecule has 0 radical (unpaired) electrons. The monoisotopic (exact) mass is 576 g/mol. The van der Waals surface area contributed by atoms with Crippen LogP contribution in [-0.2, 0) is 24.3 Å². The topological polar surface area (TPSA) is 34.5 Å². The molecule has 0 spiro atoms. The van der Waals surface area contributed by atoms with Crippen molar-refractivity contribution in [2.24, 2.45) is 0 Å². The fraction of sp³-hybridized carbons (Fsp3) is 0.172. The second kappa shape index (κ2) is 10.6. The number of hydrogen-bond donors (Lipinski definition) is 0. The van der Waals surface area contributed by atoms with Gasteiger partial charge in [0.1, 0.15) is 10.1 Å². The number of ether oxygens (including phenoxy) is 1. The lowest BCUT2D eigenvalue weighted by Crippen LogP contribution is -2.27. The number of para-hydroxylation sites is 1. The zero-order chi connectivity index (χ0) is 25.2. The van der Waals surface area contributed by atoms with E-state index in [1.807, 2.05) is 30.3 Å². The standard InChI is InChI=1S/C29H25BrN2O2S2/c1-3-21-5-4-6-25-22(18-31(27(21)25)16-19-7-11-23(30)12-8-19)15-26-28(33)32(29(35)36-26)17-20-9-13-24(34-2)14-10-20/h4-15,18H,3,16-17H2,1-2H3/b26-15-. The van der Waals surface area contributed by atoms with Gasteiger partial charge in [-0.05, 0) is 53.5 Å². The fourth-order valence-corrected chi connectivity index (χ4v) is 5.98. The van der Waals surface area contributed by atoms with E-state index in [-0.39, 0.29) is 5.91 Å². The summed E-state index contributed by atoms with van der Waals surface area (Å²) in [6.07, 6.45) is 5.08. The summed E-state index contributed by atoms with van der Waals surface area (Å²) in [7, 11) is 1.64. The first-order valence-electron chi connectivity index (χ1n) is 11.7. The SMILES string of the molecule is CCc1cccc2c(/C=C3\SC(=S)N(Cc4ccc(OC)cc4)C3=O)cn(Cc3ccc(Br)cc3)c12. The van der Waals surface area contributed by atoms with Gasteiger partial charge in [0.25, 0.3) is 5.91 Å². The largest absolute Gasteiger partial charge is 0.497 e. The van der Waals surface area contributed by atoms with Gasteiger partial charge in [-0.1, -0.05) is 89.3 Å². The smallest absolute Gasteiger partial charge is 0.266 e. The Hall–Kier alpha value is -2.87. The van der Waals surface area contributed by atoms with Crippen molar-refractivity contribution in [2.75, 3.05) is 7.11 Å². The van der Waals surface area contributed by atoms with E-state index >= 15 is 0 Å². The third-order valence-electron chi connectivity index (χ3n) is 6.32. The molecule has 1 fully saturated rings. The zero-order valence-corrected chi connectivity index (χ0v) is 23.3. The minimum absolute atomic E-state index is 0.0544. The Balaban J connectivity index is 1.48. The summed E-state index contributed by atoms with van der Waals surface area (Å²) in [5.74, 6) is 0.733. The van der Waals surface area contributed by atoms with Crippen LogP contribution >= 0.6 is 39.9 Å².